The number of ether oxygens (including phenoxy) is 2. The van der Waals surface area contributed by atoms with Gasteiger partial charge >= 0.3 is 0 Å². The molecule has 3 rings (SSSR count). The van der Waals surface area contributed by atoms with Gasteiger partial charge in [0.15, 0.2) is 11.5 Å². The Bertz CT molecular complexity index is 730. The van der Waals surface area contributed by atoms with Crippen molar-refractivity contribution in [1.82, 2.24) is 5.32 Å². The fraction of sp³-hybridized carbons (Fsp3) is 0.278. The molecule has 1 N–H and O–H groups in total. The smallest absolute Gasteiger partial charge is 0.255 e. The van der Waals surface area contributed by atoms with Gasteiger partial charge in [0.1, 0.15) is 6.17 Å². The highest BCUT2D eigenvalue weighted by molar-refractivity contribution is 6.02. The topological polar surface area (TPSA) is 50.8 Å². The van der Waals surface area contributed by atoms with Gasteiger partial charge in [0, 0.05) is 7.05 Å². The standard InChI is InChI=1S/C18H20N2O3/c1-4-23-16-11-12(9-10-15(16)22-3)17-19-18(21)13-7-5-6-8-14(13)20(17)2/h5-11,17H,4H2,1-3H3,(H,19,21)/t17-/m0/s1. The van der Waals surface area contributed by atoms with Gasteiger partial charge in [-0.05, 0) is 36.8 Å². The molecule has 1 heterocycles. The fourth-order valence-electron chi connectivity index (χ4n) is 2.85. The Morgan fingerprint density at radius 1 is 1.17 bits per heavy atom. The van der Waals surface area contributed by atoms with E-state index in [2.05, 4.69) is 5.32 Å². The van der Waals surface area contributed by atoms with E-state index >= 15 is 0 Å². The summed E-state index contributed by atoms with van der Waals surface area (Å²) in [5.74, 6) is 1.28. The number of rotatable bonds is 4. The number of carbonyl (C=O) groups is 1. The third kappa shape index (κ3) is 2.70. The summed E-state index contributed by atoms with van der Waals surface area (Å²) in [7, 11) is 3.58. The number of nitrogens with one attached hydrogen (secondary N) is 1. The van der Waals surface area contributed by atoms with Crippen LogP contribution in [-0.2, 0) is 0 Å². The number of hydrogen-bond donors (Lipinski definition) is 1. The van der Waals surface area contributed by atoms with Crippen molar-refractivity contribution in [2.45, 2.75) is 13.1 Å². The average Bonchev–Trinajstić information content (AvgIpc) is 2.58. The van der Waals surface area contributed by atoms with E-state index in [1.807, 2.05) is 61.3 Å². The van der Waals surface area contributed by atoms with Crippen LogP contribution in [0.25, 0.3) is 0 Å². The van der Waals surface area contributed by atoms with Gasteiger partial charge in [0.2, 0.25) is 0 Å². The average molecular weight is 312 g/mol. The van der Waals surface area contributed by atoms with Crippen LogP contribution in [0, 0.1) is 0 Å². The summed E-state index contributed by atoms with van der Waals surface area (Å²) in [5, 5.41) is 3.04. The Labute approximate surface area is 135 Å². The van der Waals surface area contributed by atoms with E-state index in [1.165, 1.54) is 0 Å². The number of anilines is 1. The summed E-state index contributed by atoms with van der Waals surface area (Å²) >= 11 is 0. The van der Waals surface area contributed by atoms with Gasteiger partial charge in [0.25, 0.3) is 5.91 Å². The highest BCUT2D eigenvalue weighted by Gasteiger charge is 2.29. The van der Waals surface area contributed by atoms with Crippen LogP contribution in [0.1, 0.15) is 29.0 Å². The number of carbonyl (C=O) groups excluding carboxylic acids is 1. The van der Waals surface area contributed by atoms with Gasteiger partial charge in [0.05, 0.1) is 25.0 Å². The largest absolute Gasteiger partial charge is 0.493 e. The summed E-state index contributed by atoms with van der Waals surface area (Å²) < 4.78 is 11.0. The van der Waals surface area contributed by atoms with Gasteiger partial charge in [-0.1, -0.05) is 18.2 Å². The van der Waals surface area contributed by atoms with Gasteiger partial charge in [-0.3, -0.25) is 4.79 Å². The van der Waals surface area contributed by atoms with Crippen LogP contribution in [0.4, 0.5) is 5.69 Å². The van der Waals surface area contributed by atoms with Crippen molar-refractivity contribution in [2.24, 2.45) is 0 Å². The maximum absolute atomic E-state index is 12.4. The maximum atomic E-state index is 12.4. The van der Waals surface area contributed by atoms with E-state index in [9.17, 15) is 4.79 Å². The summed E-state index contributed by atoms with van der Waals surface area (Å²) in [6.07, 6.45) is -0.248. The molecule has 0 spiro atoms. The van der Waals surface area contributed by atoms with Crippen molar-refractivity contribution in [2.75, 3.05) is 25.7 Å². The minimum atomic E-state index is -0.248. The van der Waals surface area contributed by atoms with Crippen LogP contribution < -0.4 is 19.7 Å². The molecule has 2 aromatic rings. The predicted molar refractivity (Wildman–Crippen MR) is 89.2 cm³/mol. The molecular formula is C18H20N2O3. The Kier molecular flexibility index (Phi) is 4.10. The van der Waals surface area contributed by atoms with E-state index in [0.717, 1.165) is 11.3 Å². The molecule has 0 bridgehead atoms. The molecule has 0 saturated carbocycles. The van der Waals surface area contributed by atoms with Crippen LogP contribution in [0.15, 0.2) is 42.5 Å². The number of amides is 1. The summed E-state index contributed by atoms with van der Waals surface area (Å²) in [4.78, 5) is 14.4. The van der Waals surface area contributed by atoms with E-state index in [4.69, 9.17) is 9.47 Å². The molecule has 0 unspecified atom stereocenters. The van der Waals surface area contributed by atoms with E-state index in [0.29, 0.717) is 23.7 Å². The van der Waals surface area contributed by atoms with Gasteiger partial charge < -0.3 is 19.7 Å². The molecule has 5 nitrogen and oxygen atoms in total. The normalized spacial score (nSPS) is 16.6. The molecule has 1 aliphatic rings. The Morgan fingerprint density at radius 3 is 2.70 bits per heavy atom. The monoisotopic (exact) mass is 312 g/mol. The first-order chi connectivity index (χ1) is 11.2. The molecule has 1 atom stereocenters. The van der Waals surface area contributed by atoms with Crippen LogP contribution in [0.3, 0.4) is 0 Å². The highest BCUT2D eigenvalue weighted by Crippen LogP contribution is 2.35. The molecule has 1 amide bonds. The van der Waals surface area contributed by atoms with E-state index < -0.39 is 0 Å². The molecule has 0 aliphatic carbocycles. The number of fused-ring (bicyclic) bond motifs is 1. The quantitative estimate of drug-likeness (QED) is 0.943. The molecule has 0 radical (unpaired) electrons. The zero-order chi connectivity index (χ0) is 16.4. The number of benzene rings is 2. The molecule has 0 saturated heterocycles. The van der Waals surface area contributed by atoms with Gasteiger partial charge in [-0.25, -0.2) is 0 Å². The van der Waals surface area contributed by atoms with Crippen LogP contribution in [0.2, 0.25) is 0 Å². The minimum absolute atomic E-state index is 0.0718. The predicted octanol–water partition coefficient (Wildman–Crippen LogP) is 2.97. The molecular weight excluding hydrogens is 292 g/mol. The second kappa shape index (κ2) is 6.20. The molecule has 5 heteroatoms. The number of methoxy groups -OCH3 is 1. The van der Waals surface area contributed by atoms with E-state index in [1.54, 1.807) is 7.11 Å². The van der Waals surface area contributed by atoms with Crippen molar-refractivity contribution in [1.29, 1.82) is 0 Å². The highest BCUT2D eigenvalue weighted by atomic mass is 16.5. The van der Waals surface area contributed by atoms with E-state index in [-0.39, 0.29) is 12.1 Å². The second-order valence-corrected chi connectivity index (χ2v) is 5.35. The molecule has 0 fully saturated rings. The first-order valence-corrected chi connectivity index (χ1v) is 7.59. The van der Waals surface area contributed by atoms with Crippen molar-refractivity contribution in [3.63, 3.8) is 0 Å². The Hall–Kier alpha value is -2.69. The molecule has 23 heavy (non-hydrogen) atoms. The van der Waals surface area contributed by atoms with Gasteiger partial charge in [-0.2, -0.15) is 0 Å². The second-order valence-electron chi connectivity index (χ2n) is 5.35. The lowest BCUT2D eigenvalue weighted by Crippen LogP contribution is -2.44. The number of nitrogens with zero attached hydrogens (tertiary/aromatic N) is 1. The van der Waals surface area contributed by atoms with Crippen LogP contribution >= 0.6 is 0 Å². The lowest BCUT2D eigenvalue weighted by molar-refractivity contribution is 0.0928. The zero-order valence-electron chi connectivity index (χ0n) is 13.5. The fourth-order valence-corrected chi connectivity index (χ4v) is 2.85. The van der Waals surface area contributed by atoms with Crippen LogP contribution in [0.5, 0.6) is 11.5 Å². The summed E-state index contributed by atoms with van der Waals surface area (Å²) in [6, 6.07) is 13.3. The zero-order valence-corrected chi connectivity index (χ0v) is 13.5. The van der Waals surface area contributed by atoms with Crippen molar-refractivity contribution in [3.8, 4) is 11.5 Å². The van der Waals surface area contributed by atoms with Crippen molar-refractivity contribution in [3.05, 3.63) is 53.6 Å². The Balaban J connectivity index is 1.99. The Morgan fingerprint density at radius 2 is 1.96 bits per heavy atom. The molecule has 2 aromatic carbocycles. The maximum Gasteiger partial charge on any atom is 0.255 e. The molecule has 1 aliphatic heterocycles. The lowest BCUT2D eigenvalue weighted by Gasteiger charge is -2.36. The van der Waals surface area contributed by atoms with Crippen molar-refractivity contribution >= 4 is 11.6 Å². The number of para-hydroxylation sites is 1. The van der Waals surface area contributed by atoms with Crippen molar-refractivity contribution < 1.29 is 14.3 Å². The van der Waals surface area contributed by atoms with Gasteiger partial charge in [-0.15, -0.1) is 0 Å². The third-order valence-corrected chi connectivity index (χ3v) is 3.99. The SMILES string of the molecule is CCOc1cc([C@H]2NC(=O)c3ccccc3N2C)ccc1OC. The minimum Gasteiger partial charge on any atom is -0.493 e. The molecule has 120 valence electrons. The number of hydrogen-bond acceptors (Lipinski definition) is 4. The first-order valence-electron chi connectivity index (χ1n) is 7.59. The summed E-state index contributed by atoms with van der Waals surface area (Å²) in [5.41, 5.74) is 2.54. The third-order valence-electron chi connectivity index (χ3n) is 3.99. The summed E-state index contributed by atoms with van der Waals surface area (Å²) in [6.45, 7) is 2.48. The lowest BCUT2D eigenvalue weighted by atomic mass is 10.0. The molecule has 0 aromatic heterocycles. The first kappa shape index (κ1) is 15.2. The van der Waals surface area contributed by atoms with Crippen LogP contribution in [-0.4, -0.2) is 26.7 Å².